The zero-order valence-electron chi connectivity index (χ0n) is 12.9. The molecule has 21 heavy (non-hydrogen) atoms. The van der Waals surface area contributed by atoms with E-state index in [1.54, 1.807) is 12.4 Å². The summed E-state index contributed by atoms with van der Waals surface area (Å²) in [4.78, 5) is 4.07. The van der Waals surface area contributed by atoms with Gasteiger partial charge in [-0.3, -0.25) is 4.98 Å². The highest BCUT2D eigenvalue weighted by atomic mass is 35.5. The van der Waals surface area contributed by atoms with Gasteiger partial charge in [-0.1, -0.05) is 56.6 Å². The molecule has 2 aromatic rings. The highest BCUT2D eigenvalue weighted by Gasteiger charge is 2.14. The van der Waals surface area contributed by atoms with Crippen LogP contribution in [0.25, 0.3) is 0 Å². The van der Waals surface area contributed by atoms with E-state index < -0.39 is 0 Å². The molecule has 2 nitrogen and oxygen atoms in total. The molecule has 0 saturated heterocycles. The maximum absolute atomic E-state index is 6.29. The number of hydrogen-bond acceptors (Lipinski definition) is 2. The van der Waals surface area contributed by atoms with E-state index in [9.17, 15) is 0 Å². The summed E-state index contributed by atoms with van der Waals surface area (Å²) < 4.78 is 0. The monoisotopic (exact) mass is 302 g/mol. The molecule has 1 aromatic heterocycles. The predicted molar refractivity (Wildman–Crippen MR) is 89.9 cm³/mol. The van der Waals surface area contributed by atoms with E-state index in [1.807, 2.05) is 6.07 Å². The Morgan fingerprint density at radius 2 is 1.86 bits per heavy atom. The van der Waals surface area contributed by atoms with Gasteiger partial charge in [0.15, 0.2) is 0 Å². The van der Waals surface area contributed by atoms with Gasteiger partial charge in [-0.2, -0.15) is 0 Å². The van der Waals surface area contributed by atoms with Crippen molar-refractivity contribution in [1.29, 1.82) is 0 Å². The predicted octanol–water partition coefficient (Wildman–Crippen LogP) is 4.75. The van der Waals surface area contributed by atoms with E-state index >= 15 is 0 Å². The van der Waals surface area contributed by atoms with Crippen LogP contribution >= 0.6 is 11.6 Å². The van der Waals surface area contributed by atoms with Crippen molar-refractivity contribution in [3.05, 3.63) is 64.4 Å². The molecule has 1 aromatic carbocycles. The van der Waals surface area contributed by atoms with E-state index in [1.165, 1.54) is 11.1 Å². The first-order valence-corrected chi connectivity index (χ1v) is 7.91. The van der Waals surface area contributed by atoms with Crippen molar-refractivity contribution in [3.8, 4) is 0 Å². The number of benzene rings is 1. The van der Waals surface area contributed by atoms with Crippen molar-refractivity contribution in [2.24, 2.45) is 0 Å². The largest absolute Gasteiger partial charge is 0.310 e. The van der Waals surface area contributed by atoms with Crippen LogP contribution in [0.4, 0.5) is 0 Å². The average Bonchev–Trinajstić information content (AvgIpc) is 2.48. The molecule has 0 spiro atoms. The molecule has 1 N–H and O–H groups in total. The molecule has 1 unspecified atom stereocenters. The van der Waals surface area contributed by atoms with Crippen LogP contribution in [0, 0.1) is 0 Å². The van der Waals surface area contributed by atoms with Crippen LogP contribution in [-0.2, 0) is 6.42 Å². The Bertz CT molecular complexity index is 564. The Morgan fingerprint density at radius 1 is 1.14 bits per heavy atom. The molecule has 0 aliphatic carbocycles. The van der Waals surface area contributed by atoms with Gasteiger partial charge in [0, 0.05) is 18.4 Å². The van der Waals surface area contributed by atoms with Crippen molar-refractivity contribution in [1.82, 2.24) is 10.3 Å². The lowest BCUT2D eigenvalue weighted by atomic mass is 9.96. The van der Waals surface area contributed by atoms with Crippen molar-refractivity contribution >= 4 is 11.6 Å². The summed E-state index contributed by atoms with van der Waals surface area (Å²) in [5.41, 5.74) is 3.81. The zero-order chi connectivity index (χ0) is 15.2. The van der Waals surface area contributed by atoms with Gasteiger partial charge < -0.3 is 5.32 Å². The smallest absolute Gasteiger partial charge is 0.0637 e. The van der Waals surface area contributed by atoms with Gasteiger partial charge in [-0.25, -0.2) is 0 Å². The van der Waals surface area contributed by atoms with Crippen LogP contribution in [0.2, 0.25) is 5.02 Å². The van der Waals surface area contributed by atoms with Gasteiger partial charge in [-0.15, -0.1) is 0 Å². The van der Waals surface area contributed by atoms with Crippen molar-refractivity contribution in [2.75, 3.05) is 6.54 Å². The van der Waals surface area contributed by atoms with Crippen LogP contribution < -0.4 is 5.32 Å². The van der Waals surface area contributed by atoms with E-state index in [0.717, 1.165) is 23.6 Å². The van der Waals surface area contributed by atoms with E-state index in [-0.39, 0.29) is 6.04 Å². The third kappa shape index (κ3) is 4.29. The Hall–Kier alpha value is -1.38. The molecule has 0 amide bonds. The van der Waals surface area contributed by atoms with Crippen LogP contribution in [0.1, 0.15) is 49.4 Å². The molecule has 112 valence electrons. The van der Waals surface area contributed by atoms with Crippen molar-refractivity contribution in [3.63, 3.8) is 0 Å². The SMILES string of the molecule is CCNC(Cc1ccc(C(C)C)cc1)c1ccncc1Cl. The van der Waals surface area contributed by atoms with Crippen LogP contribution in [0.15, 0.2) is 42.7 Å². The topological polar surface area (TPSA) is 24.9 Å². The maximum atomic E-state index is 6.29. The van der Waals surface area contributed by atoms with Gasteiger partial charge >= 0.3 is 0 Å². The quantitative estimate of drug-likeness (QED) is 0.833. The second-order valence-corrected chi connectivity index (χ2v) is 6.02. The Morgan fingerprint density at radius 3 is 2.43 bits per heavy atom. The number of pyridine rings is 1. The van der Waals surface area contributed by atoms with Crippen LogP contribution in [0.5, 0.6) is 0 Å². The first-order valence-electron chi connectivity index (χ1n) is 7.53. The third-order valence-electron chi connectivity index (χ3n) is 3.72. The fraction of sp³-hybridized carbons (Fsp3) is 0.389. The molecule has 1 heterocycles. The van der Waals surface area contributed by atoms with E-state index in [2.05, 4.69) is 55.3 Å². The molecule has 0 fully saturated rings. The molecule has 0 aliphatic rings. The minimum absolute atomic E-state index is 0.218. The van der Waals surface area contributed by atoms with Gasteiger partial charge in [0.2, 0.25) is 0 Å². The summed E-state index contributed by atoms with van der Waals surface area (Å²) in [5, 5.41) is 4.24. The molecular formula is C18H23ClN2. The number of aromatic nitrogens is 1. The van der Waals surface area contributed by atoms with Crippen LogP contribution in [-0.4, -0.2) is 11.5 Å². The molecule has 2 rings (SSSR count). The first-order chi connectivity index (χ1) is 10.1. The maximum Gasteiger partial charge on any atom is 0.0637 e. The normalized spacial score (nSPS) is 12.6. The fourth-order valence-corrected chi connectivity index (χ4v) is 2.73. The van der Waals surface area contributed by atoms with E-state index in [4.69, 9.17) is 11.6 Å². The molecule has 0 aliphatic heterocycles. The van der Waals surface area contributed by atoms with Gasteiger partial charge in [0.1, 0.15) is 0 Å². The third-order valence-corrected chi connectivity index (χ3v) is 4.03. The summed E-state index contributed by atoms with van der Waals surface area (Å²) in [6.07, 6.45) is 4.44. The average molecular weight is 303 g/mol. The lowest BCUT2D eigenvalue weighted by Gasteiger charge is -2.20. The zero-order valence-corrected chi connectivity index (χ0v) is 13.7. The van der Waals surface area contributed by atoms with Gasteiger partial charge in [0.05, 0.1) is 5.02 Å². The van der Waals surface area contributed by atoms with Crippen molar-refractivity contribution in [2.45, 2.75) is 39.2 Å². The Kier molecular flexibility index (Phi) is 5.77. The number of rotatable bonds is 6. The Balaban J connectivity index is 2.18. The molecule has 3 heteroatoms. The number of likely N-dealkylation sites (N-methyl/N-ethyl adjacent to an activating group) is 1. The standard InChI is InChI=1S/C18H23ClN2/c1-4-21-18(16-9-10-20-12-17(16)19)11-14-5-7-15(8-6-14)13(2)3/h5-10,12-13,18,21H,4,11H2,1-3H3. The number of halogens is 1. The summed E-state index contributed by atoms with van der Waals surface area (Å²) in [6.45, 7) is 7.46. The summed E-state index contributed by atoms with van der Waals surface area (Å²) >= 11 is 6.29. The molecule has 1 atom stereocenters. The lowest BCUT2D eigenvalue weighted by Crippen LogP contribution is -2.23. The van der Waals surface area contributed by atoms with Crippen LogP contribution in [0.3, 0.4) is 0 Å². The summed E-state index contributed by atoms with van der Waals surface area (Å²) in [7, 11) is 0. The van der Waals surface area contributed by atoms with Crippen molar-refractivity contribution < 1.29 is 0 Å². The molecule has 0 saturated carbocycles. The summed E-state index contributed by atoms with van der Waals surface area (Å²) in [5.74, 6) is 0.568. The lowest BCUT2D eigenvalue weighted by molar-refractivity contribution is 0.549. The van der Waals surface area contributed by atoms with Gasteiger partial charge in [0.25, 0.3) is 0 Å². The number of nitrogens with one attached hydrogen (secondary N) is 1. The fourth-order valence-electron chi connectivity index (χ4n) is 2.48. The molecule has 0 radical (unpaired) electrons. The molecular weight excluding hydrogens is 280 g/mol. The summed E-state index contributed by atoms with van der Waals surface area (Å²) in [6, 6.07) is 11.1. The minimum atomic E-state index is 0.218. The second kappa shape index (κ2) is 7.58. The first kappa shape index (κ1) is 16.0. The Labute approximate surface area is 132 Å². The highest BCUT2D eigenvalue weighted by Crippen LogP contribution is 2.25. The number of nitrogens with zero attached hydrogens (tertiary/aromatic N) is 1. The second-order valence-electron chi connectivity index (χ2n) is 5.61. The van der Waals surface area contributed by atoms with Gasteiger partial charge in [-0.05, 0) is 41.6 Å². The number of hydrogen-bond donors (Lipinski definition) is 1. The highest BCUT2D eigenvalue weighted by molar-refractivity contribution is 6.31. The molecule has 0 bridgehead atoms. The van der Waals surface area contributed by atoms with E-state index in [0.29, 0.717) is 5.92 Å². The minimum Gasteiger partial charge on any atom is -0.310 e.